The first-order chi connectivity index (χ1) is 16.0. The minimum absolute atomic E-state index is 0.0554. The zero-order valence-corrected chi connectivity index (χ0v) is 20.5. The molecule has 0 radical (unpaired) electrons. The number of rotatable bonds is 8. The number of hydrogen-bond donors (Lipinski definition) is 1. The van der Waals surface area contributed by atoms with Crippen LogP contribution in [0, 0.1) is 5.82 Å². The summed E-state index contributed by atoms with van der Waals surface area (Å²) in [4.78, 5) is 26.5. The molecule has 34 heavy (non-hydrogen) atoms. The molecular weight excluding hydrogens is 433 g/mol. The second-order valence-corrected chi connectivity index (χ2v) is 10.0. The van der Waals surface area contributed by atoms with Gasteiger partial charge in [0, 0.05) is 24.1 Å². The molecule has 5 nitrogen and oxygen atoms in total. The Bertz CT molecular complexity index is 1040. The van der Waals surface area contributed by atoms with Crippen LogP contribution in [0.15, 0.2) is 60.7 Å². The number of benzene rings is 2. The van der Waals surface area contributed by atoms with E-state index in [4.69, 9.17) is 4.74 Å². The summed E-state index contributed by atoms with van der Waals surface area (Å²) in [6, 6.07) is 14.7. The molecule has 1 aliphatic heterocycles. The molecule has 0 aliphatic carbocycles. The second kappa shape index (κ2) is 10.5. The molecule has 0 saturated carbocycles. The molecule has 1 heterocycles. The molecule has 3 atom stereocenters. The molecule has 0 unspecified atom stereocenters. The lowest BCUT2D eigenvalue weighted by atomic mass is 9.87. The van der Waals surface area contributed by atoms with Gasteiger partial charge in [0.1, 0.15) is 23.6 Å². The smallest absolute Gasteiger partial charge is 0.313 e. The average Bonchev–Trinajstić information content (AvgIpc) is 3.05. The van der Waals surface area contributed by atoms with Crippen molar-refractivity contribution < 1.29 is 23.8 Å². The number of carbonyl (C=O) groups is 2. The van der Waals surface area contributed by atoms with E-state index in [2.05, 4.69) is 30.9 Å². The van der Waals surface area contributed by atoms with E-state index in [1.54, 1.807) is 39.0 Å². The van der Waals surface area contributed by atoms with Crippen LogP contribution in [0.4, 0.5) is 10.1 Å². The molecule has 2 aromatic carbocycles. The number of ketones is 1. The van der Waals surface area contributed by atoms with E-state index in [1.165, 1.54) is 12.1 Å². The number of halogens is 1. The number of aliphatic hydroxyl groups excluding tert-OH is 1. The van der Waals surface area contributed by atoms with Crippen LogP contribution in [0.1, 0.15) is 64.5 Å². The maximum absolute atomic E-state index is 13.6. The Morgan fingerprint density at radius 3 is 2.38 bits per heavy atom. The lowest BCUT2D eigenvalue weighted by Crippen LogP contribution is -2.38. The van der Waals surface area contributed by atoms with E-state index in [0.717, 1.165) is 16.8 Å². The Morgan fingerprint density at radius 2 is 1.76 bits per heavy atom. The van der Waals surface area contributed by atoms with Crippen molar-refractivity contribution in [2.24, 2.45) is 0 Å². The van der Waals surface area contributed by atoms with Crippen LogP contribution in [-0.4, -0.2) is 40.6 Å². The van der Waals surface area contributed by atoms with E-state index in [-0.39, 0.29) is 42.4 Å². The van der Waals surface area contributed by atoms with E-state index in [9.17, 15) is 19.1 Å². The van der Waals surface area contributed by atoms with Gasteiger partial charge in [-0.25, -0.2) is 4.39 Å². The van der Waals surface area contributed by atoms with Gasteiger partial charge in [-0.3, -0.25) is 9.59 Å². The number of fused-ring (bicyclic) bond motifs is 1. The highest BCUT2D eigenvalue weighted by molar-refractivity contribution is 5.95. The minimum Gasteiger partial charge on any atom is -0.460 e. The fraction of sp³-hybridized carbons (Fsp3) is 0.429. The SMILES string of the molecule is CC(C)N1c2ccccc2[C@H](c2ccc(F)cc2)[C@H]1/C=C\[C@@H](O)CC(=O)CC(=O)OC(C)(C)C. The monoisotopic (exact) mass is 467 g/mol. The molecule has 2 aromatic rings. The number of ether oxygens (including phenoxy) is 1. The van der Waals surface area contributed by atoms with Gasteiger partial charge in [0.2, 0.25) is 0 Å². The minimum atomic E-state index is -1.03. The number of esters is 1. The highest BCUT2D eigenvalue weighted by Crippen LogP contribution is 2.46. The number of hydrogen-bond acceptors (Lipinski definition) is 5. The molecule has 0 aromatic heterocycles. The maximum Gasteiger partial charge on any atom is 0.313 e. The highest BCUT2D eigenvalue weighted by atomic mass is 19.1. The molecule has 6 heteroatoms. The van der Waals surface area contributed by atoms with Crippen molar-refractivity contribution in [3.8, 4) is 0 Å². The van der Waals surface area contributed by atoms with Gasteiger partial charge in [-0.05, 0) is 63.9 Å². The summed E-state index contributed by atoms with van der Waals surface area (Å²) >= 11 is 0. The average molecular weight is 468 g/mol. The normalized spacial score (nSPS) is 18.9. The summed E-state index contributed by atoms with van der Waals surface area (Å²) in [5, 5.41) is 10.5. The second-order valence-electron chi connectivity index (χ2n) is 10.0. The first-order valence-electron chi connectivity index (χ1n) is 11.7. The zero-order chi connectivity index (χ0) is 25.0. The molecular formula is C28H34FNO4. The zero-order valence-electron chi connectivity index (χ0n) is 20.5. The number of Topliss-reactive ketones (excluding diaryl/α,β-unsaturated/α-hetero) is 1. The number of para-hydroxylation sites is 1. The van der Waals surface area contributed by atoms with Crippen LogP contribution in [0.5, 0.6) is 0 Å². The molecule has 0 bridgehead atoms. The van der Waals surface area contributed by atoms with Crippen molar-refractivity contribution in [3.63, 3.8) is 0 Å². The standard InChI is InChI=1S/C28H34FNO4/c1-18(2)30-24-9-7-6-8-23(24)27(19-10-12-20(29)13-11-19)25(30)15-14-21(31)16-22(32)17-26(33)34-28(3,4)5/h6-15,18,21,25,27,31H,16-17H2,1-5H3/b15-14-/t21-,25-,27+/m1/s1. The number of nitrogens with zero attached hydrogens (tertiary/aromatic N) is 1. The number of anilines is 1. The van der Waals surface area contributed by atoms with E-state index < -0.39 is 17.7 Å². The fourth-order valence-corrected chi connectivity index (χ4v) is 4.52. The van der Waals surface area contributed by atoms with Crippen molar-refractivity contribution in [3.05, 3.63) is 77.6 Å². The third-order valence-electron chi connectivity index (χ3n) is 5.73. The van der Waals surface area contributed by atoms with Crippen LogP contribution in [0.25, 0.3) is 0 Å². The lowest BCUT2D eigenvalue weighted by molar-refractivity contribution is -0.156. The summed E-state index contributed by atoms with van der Waals surface area (Å²) in [6.07, 6.45) is 1.97. The highest BCUT2D eigenvalue weighted by Gasteiger charge is 2.39. The Balaban J connectivity index is 1.80. The Hall–Kier alpha value is -2.99. The first-order valence-corrected chi connectivity index (χ1v) is 11.7. The van der Waals surface area contributed by atoms with Crippen molar-refractivity contribution in [2.75, 3.05) is 4.90 Å². The third kappa shape index (κ3) is 6.32. The van der Waals surface area contributed by atoms with Crippen molar-refractivity contribution in [1.29, 1.82) is 0 Å². The fourth-order valence-electron chi connectivity index (χ4n) is 4.52. The molecule has 0 amide bonds. The van der Waals surface area contributed by atoms with Crippen molar-refractivity contribution in [1.82, 2.24) is 0 Å². The quantitative estimate of drug-likeness (QED) is 0.330. The Labute approximate surface area is 201 Å². The van der Waals surface area contributed by atoms with Crippen LogP contribution in [-0.2, 0) is 14.3 Å². The predicted molar refractivity (Wildman–Crippen MR) is 131 cm³/mol. The maximum atomic E-state index is 13.6. The molecule has 0 fully saturated rings. The largest absolute Gasteiger partial charge is 0.460 e. The van der Waals surface area contributed by atoms with Crippen LogP contribution >= 0.6 is 0 Å². The van der Waals surface area contributed by atoms with Gasteiger partial charge >= 0.3 is 5.97 Å². The van der Waals surface area contributed by atoms with Gasteiger partial charge in [0.25, 0.3) is 0 Å². The lowest BCUT2D eigenvalue weighted by Gasteiger charge is -2.32. The van der Waals surface area contributed by atoms with Crippen LogP contribution < -0.4 is 4.90 Å². The van der Waals surface area contributed by atoms with Gasteiger partial charge in [-0.15, -0.1) is 0 Å². The summed E-state index contributed by atoms with van der Waals surface area (Å²) in [7, 11) is 0. The summed E-state index contributed by atoms with van der Waals surface area (Å²) < 4.78 is 18.8. The predicted octanol–water partition coefficient (Wildman–Crippen LogP) is 5.16. The van der Waals surface area contributed by atoms with Gasteiger partial charge in [0.05, 0.1) is 12.1 Å². The topological polar surface area (TPSA) is 66.8 Å². The number of aliphatic hydroxyl groups is 1. The summed E-state index contributed by atoms with van der Waals surface area (Å²) in [5.74, 6) is -1.32. The van der Waals surface area contributed by atoms with Gasteiger partial charge in [0.15, 0.2) is 0 Å². The first kappa shape index (κ1) is 25.6. The third-order valence-corrected chi connectivity index (χ3v) is 5.73. The van der Waals surface area contributed by atoms with Crippen LogP contribution in [0.2, 0.25) is 0 Å². The van der Waals surface area contributed by atoms with E-state index in [1.807, 2.05) is 18.2 Å². The molecule has 0 spiro atoms. The molecule has 1 N–H and O–H groups in total. The molecule has 0 saturated heterocycles. The van der Waals surface area contributed by atoms with Crippen molar-refractivity contribution in [2.45, 2.75) is 77.2 Å². The van der Waals surface area contributed by atoms with Gasteiger partial charge in [-0.2, -0.15) is 0 Å². The van der Waals surface area contributed by atoms with Gasteiger partial charge in [-0.1, -0.05) is 42.5 Å². The molecule has 1 aliphatic rings. The van der Waals surface area contributed by atoms with Gasteiger partial charge < -0.3 is 14.7 Å². The molecule has 182 valence electrons. The van der Waals surface area contributed by atoms with Crippen LogP contribution in [0.3, 0.4) is 0 Å². The summed E-state index contributed by atoms with van der Waals surface area (Å²) in [5.41, 5.74) is 2.54. The summed E-state index contributed by atoms with van der Waals surface area (Å²) in [6.45, 7) is 9.43. The Kier molecular flexibility index (Phi) is 7.93. The number of carbonyl (C=O) groups excluding carboxylic acids is 2. The van der Waals surface area contributed by atoms with E-state index >= 15 is 0 Å². The Morgan fingerprint density at radius 1 is 1.12 bits per heavy atom. The van der Waals surface area contributed by atoms with E-state index in [0.29, 0.717) is 0 Å². The van der Waals surface area contributed by atoms with Crippen molar-refractivity contribution >= 4 is 17.4 Å². The molecule has 3 rings (SSSR count).